The Hall–Kier alpha value is -3.12. The zero-order valence-electron chi connectivity index (χ0n) is 15.2. The van der Waals surface area contributed by atoms with Crippen LogP contribution in [0.25, 0.3) is 11.1 Å². The molecule has 6 heteroatoms. The first-order chi connectivity index (χ1) is 13.0. The van der Waals surface area contributed by atoms with Crippen molar-refractivity contribution in [3.63, 3.8) is 0 Å². The number of amides is 1. The fourth-order valence-electron chi connectivity index (χ4n) is 2.74. The molecular formula is C21H19NO4S. The van der Waals surface area contributed by atoms with Crippen LogP contribution in [0, 0.1) is 6.92 Å². The van der Waals surface area contributed by atoms with Gasteiger partial charge in [-0.1, -0.05) is 30.3 Å². The van der Waals surface area contributed by atoms with Gasteiger partial charge in [0.1, 0.15) is 16.3 Å². The monoisotopic (exact) mass is 381 g/mol. The van der Waals surface area contributed by atoms with Crippen molar-refractivity contribution in [1.29, 1.82) is 0 Å². The molecule has 3 rings (SSSR count). The van der Waals surface area contributed by atoms with Gasteiger partial charge in [-0.2, -0.15) is 0 Å². The molecule has 1 aromatic heterocycles. The van der Waals surface area contributed by atoms with E-state index >= 15 is 0 Å². The number of hydrogen-bond donors (Lipinski definition) is 1. The highest BCUT2D eigenvalue weighted by Crippen LogP contribution is 2.37. The molecule has 0 aliphatic rings. The number of nitrogens with one attached hydrogen (secondary N) is 1. The van der Waals surface area contributed by atoms with E-state index in [2.05, 4.69) is 5.32 Å². The number of aryl methyl sites for hydroxylation is 1. The predicted molar refractivity (Wildman–Crippen MR) is 107 cm³/mol. The molecule has 1 N–H and O–H groups in total. The van der Waals surface area contributed by atoms with Crippen molar-refractivity contribution in [1.82, 2.24) is 0 Å². The van der Waals surface area contributed by atoms with Gasteiger partial charge in [0, 0.05) is 16.5 Å². The van der Waals surface area contributed by atoms with Crippen molar-refractivity contribution < 1.29 is 19.1 Å². The molecule has 0 fully saturated rings. The van der Waals surface area contributed by atoms with Crippen molar-refractivity contribution in [3.8, 4) is 16.9 Å². The first kappa shape index (κ1) is 18.7. The zero-order chi connectivity index (χ0) is 19.4. The summed E-state index contributed by atoms with van der Waals surface area (Å²) < 4.78 is 10.1. The van der Waals surface area contributed by atoms with Gasteiger partial charge in [0.05, 0.1) is 14.2 Å². The molecular weight excluding hydrogens is 362 g/mol. The van der Waals surface area contributed by atoms with Crippen molar-refractivity contribution in [2.75, 3.05) is 19.5 Å². The zero-order valence-corrected chi connectivity index (χ0v) is 16.1. The number of thiophene rings is 1. The molecule has 0 unspecified atom stereocenters. The minimum Gasteiger partial charge on any atom is -0.497 e. The average Bonchev–Trinajstić information content (AvgIpc) is 3.11. The Morgan fingerprint density at radius 3 is 2.33 bits per heavy atom. The van der Waals surface area contributed by atoms with Crippen LogP contribution in [0.4, 0.5) is 5.00 Å². The van der Waals surface area contributed by atoms with Crippen LogP contribution in [0.2, 0.25) is 0 Å². The first-order valence-electron chi connectivity index (χ1n) is 8.26. The molecule has 0 bridgehead atoms. The third kappa shape index (κ3) is 3.85. The maximum Gasteiger partial charge on any atom is 0.341 e. The van der Waals surface area contributed by atoms with E-state index in [1.54, 1.807) is 19.2 Å². The molecule has 0 aliphatic carbocycles. The number of carbonyl (C=O) groups excluding carboxylic acids is 2. The molecule has 2 aromatic carbocycles. The molecule has 1 amide bonds. The fraction of sp³-hybridized carbons (Fsp3) is 0.143. The summed E-state index contributed by atoms with van der Waals surface area (Å²) in [6.45, 7) is 1.87. The van der Waals surface area contributed by atoms with E-state index in [1.807, 2.05) is 48.7 Å². The standard InChI is InChI=1S/C21H19NO4S/c1-13-6-4-5-7-16(13)19(23)22-20-18(21(24)26-3)17(12-27-20)14-8-10-15(25-2)11-9-14/h4-12H,1-3H3,(H,22,23). The summed E-state index contributed by atoms with van der Waals surface area (Å²) >= 11 is 1.29. The number of benzene rings is 2. The second-order valence-electron chi connectivity index (χ2n) is 5.84. The summed E-state index contributed by atoms with van der Waals surface area (Å²) in [6, 6.07) is 14.7. The van der Waals surface area contributed by atoms with Crippen LogP contribution in [0.1, 0.15) is 26.3 Å². The second-order valence-corrected chi connectivity index (χ2v) is 6.72. The fourth-order valence-corrected chi connectivity index (χ4v) is 3.69. The van der Waals surface area contributed by atoms with E-state index in [0.717, 1.165) is 16.9 Å². The highest BCUT2D eigenvalue weighted by molar-refractivity contribution is 7.15. The van der Waals surface area contributed by atoms with Gasteiger partial charge in [-0.05, 0) is 36.2 Å². The van der Waals surface area contributed by atoms with Crippen molar-refractivity contribution in [2.24, 2.45) is 0 Å². The van der Waals surface area contributed by atoms with Crippen molar-refractivity contribution in [3.05, 3.63) is 70.6 Å². The van der Waals surface area contributed by atoms with Gasteiger partial charge >= 0.3 is 5.97 Å². The van der Waals surface area contributed by atoms with Crippen LogP contribution >= 0.6 is 11.3 Å². The van der Waals surface area contributed by atoms with E-state index in [1.165, 1.54) is 18.4 Å². The Kier molecular flexibility index (Phi) is 5.57. The van der Waals surface area contributed by atoms with Crippen molar-refractivity contribution >= 4 is 28.2 Å². The number of hydrogen-bond acceptors (Lipinski definition) is 5. The quantitative estimate of drug-likeness (QED) is 0.647. The summed E-state index contributed by atoms with van der Waals surface area (Å²) in [5.74, 6) is -0.0368. The Labute approximate surface area is 161 Å². The summed E-state index contributed by atoms with van der Waals surface area (Å²) in [6.07, 6.45) is 0. The topological polar surface area (TPSA) is 64.6 Å². The van der Waals surface area contributed by atoms with Gasteiger partial charge in [-0.15, -0.1) is 11.3 Å². The number of anilines is 1. The molecule has 3 aromatic rings. The third-order valence-corrected chi connectivity index (χ3v) is 5.09. The van der Waals surface area contributed by atoms with Gasteiger partial charge in [-0.3, -0.25) is 4.79 Å². The lowest BCUT2D eigenvalue weighted by atomic mass is 10.0. The lowest BCUT2D eigenvalue weighted by Crippen LogP contribution is -2.15. The highest BCUT2D eigenvalue weighted by atomic mass is 32.1. The summed E-state index contributed by atoms with van der Waals surface area (Å²) in [5, 5.41) is 5.14. The lowest BCUT2D eigenvalue weighted by molar-refractivity contribution is 0.0603. The molecule has 0 atom stereocenters. The van der Waals surface area contributed by atoms with Crippen molar-refractivity contribution in [2.45, 2.75) is 6.92 Å². The van der Waals surface area contributed by atoms with E-state index in [-0.39, 0.29) is 5.91 Å². The normalized spacial score (nSPS) is 10.3. The SMILES string of the molecule is COC(=O)c1c(-c2ccc(OC)cc2)csc1NC(=O)c1ccccc1C. The van der Waals surface area contributed by atoms with Gasteiger partial charge in [-0.25, -0.2) is 4.79 Å². The van der Waals surface area contributed by atoms with Crippen LogP contribution in [0.15, 0.2) is 53.9 Å². The lowest BCUT2D eigenvalue weighted by Gasteiger charge is -2.09. The number of ether oxygens (including phenoxy) is 2. The van der Waals surface area contributed by atoms with Gasteiger partial charge in [0.15, 0.2) is 0 Å². The molecule has 0 spiro atoms. The first-order valence-corrected chi connectivity index (χ1v) is 9.14. The minimum absolute atomic E-state index is 0.263. The summed E-state index contributed by atoms with van der Waals surface area (Å²) in [5.41, 5.74) is 3.31. The largest absolute Gasteiger partial charge is 0.497 e. The van der Waals surface area contributed by atoms with Crippen LogP contribution in [-0.2, 0) is 4.74 Å². The van der Waals surface area contributed by atoms with Crippen LogP contribution in [0.3, 0.4) is 0 Å². The Morgan fingerprint density at radius 1 is 1.00 bits per heavy atom. The number of esters is 1. The molecule has 1 heterocycles. The molecule has 0 radical (unpaired) electrons. The van der Waals surface area contributed by atoms with E-state index in [4.69, 9.17) is 9.47 Å². The number of methoxy groups -OCH3 is 2. The molecule has 5 nitrogen and oxygen atoms in total. The van der Waals surface area contributed by atoms with E-state index in [0.29, 0.717) is 21.7 Å². The molecule has 27 heavy (non-hydrogen) atoms. The molecule has 0 saturated carbocycles. The van der Waals surface area contributed by atoms with E-state index in [9.17, 15) is 9.59 Å². The van der Waals surface area contributed by atoms with Crippen LogP contribution < -0.4 is 10.1 Å². The Bertz CT molecular complexity index is 976. The van der Waals surface area contributed by atoms with Crippen LogP contribution in [0.5, 0.6) is 5.75 Å². The number of carbonyl (C=O) groups is 2. The second kappa shape index (κ2) is 8.05. The highest BCUT2D eigenvalue weighted by Gasteiger charge is 2.23. The Morgan fingerprint density at radius 2 is 1.70 bits per heavy atom. The van der Waals surface area contributed by atoms with Gasteiger partial charge in [0.2, 0.25) is 0 Å². The molecule has 0 saturated heterocycles. The van der Waals surface area contributed by atoms with Gasteiger partial charge < -0.3 is 14.8 Å². The summed E-state index contributed by atoms with van der Waals surface area (Å²) in [4.78, 5) is 25.1. The average molecular weight is 381 g/mol. The molecule has 0 aliphatic heterocycles. The number of rotatable bonds is 5. The van der Waals surface area contributed by atoms with Crippen LogP contribution in [-0.4, -0.2) is 26.1 Å². The Balaban J connectivity index is 1.98. The van der Waals surface area contributed by atoms with E-state index < -0.39 is 5.97 Å². The minimum atomic E-state index is -0.498. The smallest absolute Gasteiger partial charge is 0.341 e. The van der Waals surface area contributed by atoms with Gasteiger partial charge in [0.25, 0.3) is 5.91 Å². The summed E-state index contributed by atoms with van der Waals surface area (Å²) in [7, 11) is 2.92. The maximum atomic E-state index is 12.7. The molecule has 138 valence electrons. The maximum absolute atomic E-state index is 12.7. The third-order valence-electron chi connectivity index (χ3n) is 4.20. The predicted octanol–water partition coefficient (Wildman–Crippen LogP) is 4.77.